The standard InChI is InChI=1S/C18H17N3O3S/c1-2-3-12-24-16-10-6-14(7-11-16)18-20-19-17(25-18)13-4-8-15(9-5-13)21(22)23/h4-11H,2-3,12H2,1H3. The lowest BCUT2D eigenvalue weighted by atomic mass is 10.2. The zero-order valence-electron chi connectivity index (χ0n) is 13.7. The predicted octanol–water partition coefficient (Wildman–Crippen LogP) is 4.96. The van der Waals surface area contributed by atoms with E-state index in [2.05, 4.69) is 17.1 Å². The SMILES string of the molecule is CCCCOc1ccc(-c2nnc(-c3ccc([N+](=O)[O-])cc3)s2)cc1. The number of benzene rings is 2. The second kappa shape index (κ2) is 7.85. The highest BCUT2D eigenvalue weighted by molar-refractivity contribution is 7.17. The van der Waals surface area contributed by atoms with Gasteiger partial charge in [-0.15, -0.1) is 10.2 Å². The molecule has 0 atom stereocenters. The lowest BCUT2D eigenvalue weighted by Crippen LogP contribution is -1.95. The van der Waals surface area contributed by atoms with Gasteiger partial charge in [-0.3, -0.25) is 10.1 Å². The average molecular weight is 355 g/mol. The Kier molecular flexibility index (Phi) is 5.35. The molecule has 3 rings (SSSR count). The first-order chi connectivity index (χ1) is 12.2. The molecule has 2 aromatic carbocycles. The van der Waals surface area contributed by atoms with Gasteiger partial charge in [0.05, 0.1) is 11.5 Å². The minimum absolute atomic E-state index is 0.0622. The number of hydrogen-bond donors (Lipinski definition) is 0. The van der Waals surface area contributed by atoms with Crippen molar-refractivity contribution in [2.45, 2.75) is 19.8 Å². The maximum atomic E-state index is 10.7. The number of non-ortho nitro benzene ring substituents is 1. The second-order valence-corrected chi connectivity index (χ2v) is 6.42. The molecule has 0 unspecified atom stereocenters. The molecular formula is C18H17N3O3S. The van der Waals surface area contributed by atoms with E-state index in [1.54, 1.807) is 12.1 Å². The number of aromatic nitrogens is 2. The van der Waals surface area contributed by atoms with Gasteiger partial charge in [0.15, 0.2) is 0 Å². The van der Waals surface area contributed by atoms with E-state index in [4.69, 9.17) is 4.74 Å². The topological polar surface area (TPSA) is 78.2 Å². The fourth-order valence-corrected chi connectivity index (χ4v) is 3.06. The Labute approximate surface area is 149 Å². The van der Waals surface area contributed by atoms with E-state index < -0.39 is 4.92 Å². The normalized spacial score (nSPS) is 10.6. The van der Waals surface area contributed by atoms with Gasteiger partial charge in [0.1, 0.15) is 15.8 Å². The van der Waals surface area contributed by atoms with E-state index in [1.165, 1.54) is 23.5 Å². The predicted molar refractivity (Wildman–Crippen MR) is 97.8 cm³/mol. The van der Waals surface area contributed by atoms with Gasteiger partial charge in [0.2, 0.25) is 0 Å². The van der Waals surface area contributed by atoms with Gasteiger partial charge < -0.3 is 4.74 Å². The van der Waals surface area contributed by atoms with Crippen molar-refractivity contribution in [3.63, 3.8) is 0 Å². The molecule has 1 heterocycles. The number of unbranched alkanes of at least 4 members (excludes halogenated alkanes) is 1. The summed E-state index contributed by atoms with van der Waals surface area (Å²) in [5.74, 6) is 0.845. The second-order valence-electron chi connectivity index (χ2n) is 5.44. The highest BCUT2D eigenvalue weighted by atomic mass is 32.1. The van der Waals surface area contributed by atoms with Crippen LogP contribution in [0, 0.1) is 10.1 Å². The van der Waals surface area contributed by atoms with Gasteiger partial charge in [0.25, 0.3) is 5.69 Å². The van der Waals surface area contributed by atoms with Gasteiger partial charge in [0, 0.05) is 23.3 Å². The van der Waals surface area contributed by atoms with Crippen LogP contribution in [0.3, 0.4) is 0 Å². The Morgan fingerprint density at radius 2 is 1.56 bits per heavy atom. The number of nitro benzene ring substituents is 1. The lowest BCUT2D eigenvalue weighted by molar-refractivity contribution is -0.384. The Hall–Kier alpha value is -2.80. The number of hydrogen-bond acceptors (Lipinski definition) is 6. The summed E-state index contributed by atoms with van der Waals surface area (Å²) in [7, 11) is 0. The molecule has 0 saturated heterocycles. The molecule has 0 aliphatic carbocycles. The van der Waals surface area contributed by atoms with Crippen LogP contribution >= 0.6 is 11.3 Å². The highest BCUT2D eigenvalue weighted by Gasteiger charge is 2.11. The van der Waals surface area contributed by atoms with Gasteiger partial charge in [-0.1, -0.05) is 24.7 Å². The molecule has 0 N–H and O–H groups in total. The summed E-state index contributed by atoms with van der Waals surface area (Å²) in [4.78, 5) is 10.3. The number of nitro groups is 1. The molecule has 6 nitrogen and oxygen atoms in total. The van der Waals surface area contributed by atoms with Crippen LogP contribution in [0.5, 0.6) is 5.75 Å². The molecular weight excluding hydrogens is 338 g/mol. The van der Waals surface area contributed by atoms with Crippen LogP contribution in [0.2, 0.25) is 0 Å². The Balaban J connectivity index is 1.73. The van der Waals surface area contributed by atoms with Crippen LogP contribution in [-0.2, 0) is 0 Å². The highest BCUT2D eigenvalue weighted by Crippen LogP contribution is 2.31. The van der Waals surface area contributed by atoms with Gasteiger partial charge in [-0.05, 0) is 42.8 Å². The molecule has 3 aromatic rings. The van der Waals surface area contributed by atoms with Crippen molar-refractivity contribution in [1.29, 1.82) is 0 Å². The minimum Gasteiger partial charge on any atom is -0.494 e. The van der Waals surface area contributed by atoms with Crippen molar-refractivity contribution in [2.75, 3.05) is 6.61 Å². The molecule has 0 radical (unpaired) electrons. The van der Waals surface area contributed by atoms with Crippen LogP contribution in [0.1, 0.15) is 19.8 Å². The van der Waals surface area contributed by atoms with E-state index in [0.717, 1.165) is 46.3 Å². The maximum absolute atomic E-state index is 10.7. The van der Waals surface area contributed by atoms with Crippen LogP contribution in [-0.4, -0.2) is 21.7 Å². The van der Waals surface area contributed by atoms with Crippen molar-refractivity contribution in [2.24, 2.45) is 0 Å². The van der Waals surface area contributed by atoms with E-state index in [-0.39, 0.29) is 5.69 Å². The molecule has 0 bridgehead atoms. The van der Waals surface area contributed by atoms with Crippen molar-refractivity contribution < 1.29 is 9.66 Å². The van der Waals surface area contributed by atoms with Crippen molar-refractivity contribution >= 4 is 17.0 Å². The maximum Gasteiger partial charge on any atom is 0.269 e. The van der Waals surface area contributed by atoms with E-state index in [0.29, 0.717) is 0 Å². The molecule has 0 aliphatic rings. The van der Waals surface area contributed by atoms with Crippen LogP contribution in [0.25, 0.3) is 21.1 Å². The molecule has 0 saturated carbocycles. The van der Waals surface area contributed by atoms with Crippen LogP contribution < -0.4 is 4.74 Å². The summed E-state index contributed by atoms with van der Waals surface area (Å²) < 4.78 is 5.65. The first kappa shape index (κ1) is 17.0. The Morgan fingerprint density at radius 3 is 2.08 bits per heavy atom. The quantitative estimate of drug-likeness (QED) is 0.340. The fraction of sp³-hybridized carbons (Fsp3) is 0.222. The Bertz CT molecular complexity index is 845. The molecule has 25 heavy (non-hydrogen) atoms. The van der Waals surface area contributed by atoms with Crippen molar-refractivity contribution in [3.05, 3.63) is 58.6 Å². The zero-order chi connectivity index (χ0) is 17.6. The van der Waals surface area contributed by atoms with Crippen LogP contribution in [0.4, 0.5) is 5.69 Å². The van der Waals surface area contributed by atoms with Crippen LogP contribution in [0.15, 0.2) is 48.5 Å². The third kappa shape index (κ3) is 4.19. The summed E-state index contributed by atoms with van der Waals surface area (Å²) >= 11 is 1.45. The molecule has 0 fully saturated rings. The third-order valence-corrected chi connectivity index (χ3v) is 4.64. The van der Waals surface area contributed by atoms with Crippen molar-refractivity contribution in [3.8, 4) is 26.9 Å². The molecule has 7 heteroatoms. The largest absolute Gasteiger partial charge is 0.494 e. The molecule has 1 aromatic heterocycles. The number of rotatable bonds is 7. The van der Waals surface area contributed by atoms with Gasteiger partial charge in [-0.2, -0.15) is 0 Å². The molecule has 128 valence electrons. The summed E-state index contributed by atoms with van der Waals surface area (Å²) in [5.41, 5.74) is 1.84. The lowest BCUT2D eigenvalue weighted by Gasteiger charge is -2.05. The smallest absolute Gasteiger partial charge is 0.269 e. The summed E-state index contributed by atoms with van der Waals surface area (Å²) in [6, 6.07) is 14.1. The first-order valence-corrected chi connectivity index (χ1v) is 8.80. The Morgan fingerprint density at radius 1 is 1.00 bits per heavy atom. The van der Waals surface area contributed by atoms with E-state index >= 15 is 0 Å². The monoisotopic (exact) mass is 355 g/mol. The first-order valence-electron chi connectivity index (χ1n) is 7.99. The minimum atomic E-state index is -0.417. The average Bonchev–Trinajstić information content (AvgIpc) is 3.13. The summed E-state index contributed by atoms with van der Waals surface area (Å²) in [5, 5.41) is 20.7. The van der Waals surface area contributed by atoms with Crippen molar-refractivity contribution in [1.82, 2.24) is 10.2 Å². The molecule has 0 aliphatic heterocycles. The number of ether oxygens (including phenoxy) is 1. The van der Waals surface area contributed by atoms with Gasteiger partial charge >= 0.3 is 0 Å². The van der Waals surface area contributed by atoms with E-state index in [1.807, 2.05) is 24.3 Å². The van der Waals surface area contributed by atoms with Gasteiger partial charge in [-0.25, -0.2) is 0 Å². The molecule has 0 spiro atoms. The molecule has 0 amide bonds. The fourth-order valence-electron chi connectivity index (χ4n) is 2.21. The third-order valence-electron chi connectivity index (χ3n) is 3.62. The summed E-state index contributed by atoms with van der Waals surface area (Å²) in [6.45, 7) is 2.85. The number of nitrogens with zero attached hydrogens (tertiary/aromatic N) is 3. The summed E-state index contributed by atoms with van der Waals surface area (Å²) in [6.07, 6.45) is 2.14. The zero-order valence-corrected chi connectivity index (χ0v) is 14.5. The van der Waals surface area contributed by atoms with E-state index in [9.17, 15) is 10.1 Å².